The van der Waals surface area contributed by atoms with E-state index >= 15 is 4.39 Å². The van der Waals surface area contributed by atoms with E-state index in [-0.39, 0.29) is 17.5 Å². The van der Waals surface area contributed by atoms with Crippen LogP contribution in [0.5, 0.6) is 5.75 Å². The predicted molar refractivity (Wildman–Crippen MR) is 192 cm³/mol. The van der Waals surface area contributed by atoms with Crippen LogP contribution in [0, 0.1) is 5.82 Å². The van der Waals surface area contributed by atoms with Gasteiger partial charge in [0, 0.05) is 63.9 Å². The van der Waals surface area contributed by atoms with Gasteiger partial charge < -0.3 is 29.7 Å². The number of piperidine rings is 1. The Morgan fingerprint density at radius 3 is 2.43 bits per heavy atom. The summed E-state index contributed by atoms with van der Waals surface area (Å²) >= 11 is 3.54. The number of nitrogens with one attached hydrogen (secondary N) is 2. The highest BCUT2D eigenvalue weighted by Gasteiger charge is 2.30. The summed E-state index contributed by atoms with van der Waals surface area (Å²) < 4.78 is 36.0. The second-order valence-corrected chi connectivity index (χ2v) is 16.6. The first-order valence-electron chi connectivity index (χ1n) is 16.0. The number of hydrogen-bond donors (Lipinski definition) is 2. The number of nitrogens with zero attached hydrogens (tertiary/aromatic N) is 7. The molecule has 2 aromatic carbocycles. The van der Waals surface area contributed by atoms with Crippen molar-refractivity contribution in [3.8, 4) is 5.75 Å². The predicted octanol–water partition coefficient (Wildman–Crippen LogP) is 5.84. The molecule has 0 amide bonds. The molecular weight excluding hydrogens is 684 g/mol. The number of piperazine rings is 1. The molecule has 0 radical (unpaired) electrons. The van der Waals surface area contributed by atoms with Crippen molar-refractivity contribution in [1.82, 2.24) is 29.7 Å². The molecule has 2 aromatic heterocycles. The number of ether oxygens (including phenoxy) is 1. The van der Waals surface area contributed by atoms with Crippen molar-refractivity contribution in [2.45, 2.75) is 32.2 Å². The molecule has 11 nitrogen and oxygen atoms in total. The van der Waals surface area contributed by atoms with Gasteiger partial charge in [-0.3, -0.25) is 14.9 Å². The molecule has 0 bridgehead atoms. The quantitative estimate of drug-likeness (QED) is 0.203. The Labute approximate surface area is 283 Å². The van der Waals surface area contributed by atoms with E-state index in [2.05, 4.69) is 63.3 Å². The highest BCUT2D eigenvalue weighted by molar-refractivity contribution is 9.10. The number of anilines is 5. The standard InChI is InChI=1S/C33H42BrFN9O2P/c1-6-21-19-26(30(46-3)27(35)29(21)44-13-9-22(10-14-44)43-17-15-42(2)16-18-43)40-33-38-20-23(34)32(41-33)39-25-8-7-24-28(37-12-11-36-24)31(25)47(4,5)45/h7-8,11-12,19-20,22H,6,9-10,13-18H2,1-5H3,(H2,38,39,40,41). The summed E-state index contributed by atoms with van der Waals surface area (Å²) in [7, 11) is 0.873. The van der Waals surface area contributed by atoms with Crippen LogP contribution in [0.3, 0.4) is 0 Å². The van der Waals surface area contributed by atoms with E-state index in [1.807, 2.05) is 25.1 Å². The maximum absolute atomic E-state index is 16.4. The molecule has 0 aliphatic carbocycles. The normalized spacial score (nSPS) is 16.9. The topological polar surface area (TPSA) is 112 Å². The van der Waals surface area contributed by atoms with Gasteiger partial charge in [0.25, 0.3) is 0 Å². The SMILES string of the molecule is CCc1cc(Nc2ncc(Br)c(Nc3ccc4nccnc4c3P(C)(C)=O)n2)c(OC)c(F)c1N1CCC(N2CCN(C)CC2)CC1. The van der Waals surface area contributed by atoms with Crippen molar-refractivity contribution in [2.75, 3.05) is 82.3 Å². The molecule has 4 aromatic rings. The van der Waals surface area contributed by atoms with Crippen molar-refractivity contribution in [3.05, 3.63) is 52.6 Å². The molecule has 2 fully saturated rings. The fourth-order valence-corrected chi connectivity index (χ4v) is 8.33. The van der Waals surface area contributed by atoms with Crippen molar-refractivity contribution >= 4 is 68.2 Å². The molecule has 2 saturated heterocycles. The summed E-state index contributed by atoms with van der Waals surface area (Å²) in [5, 5.41) is 7.10. The van der Waals surface area contributed by atoms with Crippen LogP contribution in [-0.2, 0) is 11.0 Å². The highest BCUT2D eigenvalue weighted by atomic mass is 79.9. The zero-order valence-electron chi connectivity index (χ0n) is 27.6. The second-order valence-electron chi connectivity index (χ2n) is 12.6. The van der Waals surface area contributed by atoms with Gasteiger partial charge >= 0.3 is 0 Å². The number of rotatable bonds is 9. The Morgan fingerprint density at radius 1 is 1.02 bits per heavy atom. The first kappa shape index (κ1) is 33.5. The zero-order chi connectivity index (χ0) is 33.3. The van der Waals surface area contributed by atoms with Crippen LogP contribution in [0.4, 0.5) is 33.2 Å². The number of aromatic nitrogens is 4. The molecular formula is C33H42BrFN9O2P. The van der Waals surface area contributed by atoms with Crippen LogP contribution in [-0.4, -0.2) is 103 Å². The third-order valence-electron chi connectivity index (χ3n) is 9.09. The van der Waals surface area contributed by atoms with Gasteiger partial charge in [-0.2, -0.15) is 4.98 Å². The zero-order valence-corrected chi connectivity index (χ0v) is 30.0. The van der Waals surface area contributed by atoms with E-state index in [1.54, 1.807) is 31.9 Å². The molecule has 2 aliphatic heterocycles. The monoisotopic (exact) mass is 725 g/mol. The van der Waals surface area contributed by atoms with Gasteiger partial charge in [0.15, 0.2) is 11.6 Å². The third-order valence-corrected chi connectivity index (χ3v) is 11.2. The van der Waals surface area contributed by atoms with Gasteiger partial charge in [-0.05, 0) is 79.3 Å². The van der Waals surface area contributed by atoms with Gasteiger partial charge in [0.2, 0.25) is 5.95 Å². The summed E-state index contributed by atoms with van der Waals surface area (Å²) in [4.78, 5) is 25.1. The molecule has 6 rings (SSSR count). The minimum absolute atomic E-state index is 0.118. The average molecular weight is 727 g/mol. The van der Waals surface area contributed by atoms with Gasteiger partial charge in [-0.15, -0.1) is 0 Å². The number of aryl methyl sites for hydroxylation is 1. The molecule has 2 N–H and O–H groups in total. The average Bonchev–Trinajstić information content (AvgIpc) is 3.06. The van der Waals surface area contributed by atoms with Gasteiger partial charge in [0.1, 0.15) is 18.5 Å². The lowest BCUT2D eigenvalue weighted by atomic mass is 9.99. The Morgan fingerprint density at radius 2 is 1.74 bits per heavy atom. The smallest absolute Gasteiger partial charge is 0.229 e. The fraction of sp³-hybridized carbons (Fsp3) is 0.455. The number of hydrogen-bond acceptors (Lipinski definition) is 11. The van der Waals surface area contributed by atoms with Gasteiger partial charge in [0.05, 0.1) is 39.5 Å². The summed E-state index contributed by atoms with van der Waals surface area (Å²) in [6.07, 6.45) is 7.48. The van der Waals surface area contributed by atoms with Crippen LogP contribution >= 0.6 is 23.1 Å². The largest absolute Gasteiger partial charge is 0.492 e. The number of benzene rings is 2. The lowest BCUT2D eigenvalue weighted by molar-refractivity contribution is 0.0981. The van der Waals surface area contributed by atoms with Crippen LogP contribution in [0.1, 0.15) is 25.3 Å². The summed E-state index contributed by atoms with van der Waals surface area (Å²) in [6, 6.07) is 6.13. The molecule has 47 heavy (non-hydrogen) atoms. The lowest BCUT2D eigenvalue weighted by Crippen LogP contribution is -2.52. The Hall–Kier alpha value is -3.38. The number of halogens is 2. The molecule has 0 saturated carbocycles. The fourth-order valence-electron chi connectivity index (χ4n) is 6.65. The number of fused-ring (bicyclic) bond motifs is 1. The van der Waals surface area contributed by atoms with E-state index in [9.17, 15) is 4.57 Å². The maximum atomic E-state index is 16.4. The highest BCUT2D eigenvalue weighted by Crippen LogP contribution is 2.42. The van der Waals surface area contributed by atoms with Crippen molar-refractivity contribution in [2.24, 2.45) is 0 Å². The van der Waals surface area contributed by atoms with Gasteiger partial charge in [-0.1, -0.05) is 6.92 Å². The Bertz CT molecular complexity index is 1810. The molecule has 2 aliphatic rings. The summed E-state index contributed by atoms with van der Waals surface area (Å²) in [5.74, 6) is 0.420. The third kappa shape index (κ3) is 7.09. The van der Waals surface area contributed by atoms with E-state index in [1.165, 1.54) is 7.11 Å². The first-order valence-corrected chi connectivity index (χ1v) is 19.4. The second kappa shape index (κ2) is 14.0. The molecule has 0 atom stereocenters. The van der Waals surface area contributed by atoms with Crippen LogP contribution < -0.4 is 25.6 Å². The van der Waals surface area contributed by atoms with Gasteiger partial charge in [-0.25, -0.2) is 9.37 Å². The number of likely N-dealkylation sites (N-methyl/N-ethyl adjacent to an activating group) is 1. The summed E-state index contributed by atoms with van der Waals surface area (Å²) in [5.41, 5.74) is 3.79. The van der Waals surface area contributed by atoms with Crippen molar-refractivity contribution in [3.63, 3.8) is 0 Å². The van der Waals surface area contributed by atoms with E-state index in [0.29, 0.717) is 56.2 Å². The van der Waals surface area contributed by atoms with Crippen LogP contribution in [0.2, 0.25) is 0 Å². The van der Waals surface area contributed by atoms with Crippen molar-refractivity contribution in [1.29, 1.82) is 0 Å². The summed E-state index contributed by atoms with van der Waals surface area (Å²) in [6.45, 7) is 11.4. The van der Waals surface area contributed by atoms with E-state index < -0.39 is 7.14 Å². The molecule has 0 spiro atoms. The molecule has 250 valence electrons. The van der Waals surface area contributed by atoms with Crippen LogP contribution in [0.15, 0.2) is 41.3 Å². The van der Waals surface area contributed by atoms with Crippen LogP contribution in [0.25, 0.3) is 11.0 Å². The van der Waals surface area contributed by atoms with Crippen molar-refractivity contribution < 1.29 is 13.7 Å². The lowest BCUT2D eigenvalue weighted by Gasteiger charge is -2.43. The minimum atomic E-state index is -2.78. The molecule has 14 heteroatoms. The number of methoxy groups -OCH3 is 1. The minimum Gasteiger partial charge on any atom is -0.492 e. The molecule has 4 heterocycles. The first-order chi connectivity index (χ1) is 22.6. The van der Waals surface area contributed by atoms with E-state index in [0.717, 1.165) is 57.7 Å². The Kier molecular flexibility index (Phi) is 9.98. The Balaban J connectivity index is 1.26. The van der Waals surface area contributed by atoms with E-state index in [4.69, 9.17) is 9.72 Å². The molecule has 0 unspecified atom stereocenters. The maximum Gasteiger partial charge on any atom is 0.229 e.